The van der Waals surface area contributed by atoms with Gasteiger partial charge in [-0.2, -0.15) is 0 Å². The minimum Gasteiger partial charge on any atom is -0.341 e. The highest BCUT2D eigenvalue weighted by atomic mass is 19.1. The molecule has 1 amide bonds. The summed E-state index contributed by atoms with van der Waals surface area (Å²) in [6.45, 7) is 5.64. The van der Waals surface area contributed by atoms with Crippen LogP contribution in [0.3, 0.4) is 0 Å². The number of hydrogen-bond donors (Lipinski definition) is 1. The van der Waals surface area contributed by atoms with Gasteiger partial charge >= 0.3 is 0 Å². The lowest BCUT2D eigenvalue weighted by molar-refractivity contribution is -0.111. The fourth-order valence-electron chi connectivity index (χ4n) is 2.88. The fraction of sp³-hybridized carbons (Fsp3) is 0.316. The number of carbonyl (C=O) groups excluding carboxylic acids is 1. The van der Waals surface area contributed by atoms with Crippen molar-refractivity contribution in [2.24, 2.45) is 0 Å². The molecule has 3 rings (SSSR count). The molecule has 1 aromatic carbocycles. The molecular weight excluding hydrogens is 319 g/mol. The van der Waals surface area contributed by atoms with Crippen LogP contribution in [-0.2, 0) is 4.79 Å². The van der Waals surface area contributed by atoms with Gasteiger partial charge in [-0.1, -0.05) is 18.2 Å². The number of hydrogen-bond acceptors (Lipinski definition) is 4. The predicted molar refractivity (Wildman–Crippen MR) is 97.0 cm³/mol. The molecule has 0 aliphatic carbocycles. The Morgan fingerprint density at radius 2 is 1.80 bits per heavy atom. The highest BCUT2D eigenvalue weighted by Crippen LogP contribution is 2.23. The highest BCUT2D eigenvalue weighted by molar-refractivity contribution is 6.02. The number of aryl methyl sites for hydroxylation is 2. The Morgan fingerprint density at radius 3 is 2.44 bits per heavy atom. The first-order valence-electron chi connectivity index (χ1n) is 8.38. The van der Waals surface area contributed by atoms with E-state index in [4.69, 9.17) is 0 Å². The monoisotopic (exact) mass is 340 g/mol. The molecule has 0 bridgehead atoms. The second-order valence-corrected chi connectivity index (χ2v) is 6.11. The number of carbonyl (C=O) groups is 1. The minimum absolute atomic E-state index is 0.341. The number of aromatic nitrogens is 2. The van der Waals surface area contributed by atoms with Crippen LogP contribution in [0, 0.1) is 19.7 Å². The van der Waals surface area contributed by atoms with Crippen molar-refractivity contribution in [2.75, 3.05) is 23.3 Å². The van der Waals surface area contributed by atoms with Crippen LogP contribution in [0.1, 0.15) is 29.8 Å². The molecule has 5 nitrogen and oxygen atoms in total. The molecule has 1 aliphatic rings. The summed E-state index contributed by atoms with van der Waals surface area (Å²) in [5.41, 5.74) is 2.42. The maximum absolute atomic E-state index is 13.6. The molecule has 0 unspecified atom stereocenters. The summed E-state index contributed by atoms with van der Waals surface area (Å²) in [6.07, 6.45) is 5.07. The van der Waals surface area contributed by atoms with E-state index < -0.39 is 0 Å². The molecule has 2 aromatic rings. The van der Waals surface area contributed by atoms with Crippen LogP contribution in [0.15, 0.2) is 30.3 Å². The molecule has 1 aliphatic heterocycles. The van der Waals surface area contributed by atoms with Crippen LogP contribution in [0.25, 0.3) is 6.08 Å². The topological polar surface area (TPSA) is 58.1 Å². The molecule has 1 aromatic heterocycles. The van der Waals surface area contributed by atoms with Crippen LogP contribution < -0.4 is 10.2 Å². The van der Waals surface area contributed by atoms with Gasteiger partial charge in [0.25, 0.3) is 0 Å². The Kier molecular flexibility index (Phi) is 5.07. The number of nitrogens with one attached hydrogen (secondary N) is 1. The van der Waals surface area contributed by atoms with E-state index in [1.807, 2.05) is 13.8 Å². The molecule has 0 radical (unpaired) electrons. The largest absolute Gasteiger partial charge is 0.341 e. The van der Waals surface area contributed by atoms with Crippen molar-refractivity contribution >= 4 is 23.6 Å². The van der Waals surface area contributed by atoms with E-state index in [1.165, 1.54) is 18.2 Å². The SMILES string of the molecule is Cc1nc(N2CCCC2)nc(C)c1NC(=O)/C=C/c1ccccc1F. The Morgan fingerprint density at radius 1 is 1.16 bits per heavy atom. The summed E-state index contributed by atoms with van der Waals surface area (Å²) in [6, 6.07) is 6.30. The second kappa shape index (κ2) is 7.42. The summed E-state index contributed by atoms with van der Waals surface area (Å²) >= 11 is 0. The maximum atomic E-state index is 13.6. The number of rotatable bonds is 4. The van der Waals surface area contributed by atoms with Crippen molar-refractivity contribution in [2.45, 2.75) is 26.7 Å². The minimum atomic E-state index is -0.364. The Bertz CT molecular complexity index is 790. The third-order valence-corrected chi connectivity index (χ3v) is 4.22. The Balaban J connectivity index is 1.74. The lowest BCUT2D eigenvalue weighted by atomic mass is 10.2. The predicted octanol–water partition coefficient (Wildman–Crippen LogP) is 3.48. The molecule has 1 fully saturated rings. The Hall–Kier alpha value is -2.76. The highest BCUT2D eigenvalue weighted by Gasteiger charge is 2.18. The zero-order valence-corrected chi connectivity index (χ0v) is 14.4. The zero-order valence-electron chi connectivity index (χ0n) is 14.4. The van der Waals surface area contributed by atoms with E-state index in [0.717, 1.165) is 37.3 Å². The number of benzene rings is 1. The molecule has 2 heterocycles. The number of nitrogens with zero attached hydrogens (tertiary/aromatic N) is 3. The third-order valence-electron chi connectivity index (χ3n) is 4.22. The van der Waals surface area contributed by atoms with Crippen LogP contribution in [0.5, 0.6) is 0 Å². The van der Waals surface area contributed by atoms with Gasteiger partial charge in [0.05, 0.1) is 17.1 Å². The normalized spacial score (nSPS) is 14.3. The van der Waals surface area contributed by atoms with Crippen LogP contribution >= 0.6 is 0 Å². The summed E-state index contributed by atoms with van der Waals surface area (Å²) in [5, 5.41) is 2.79. The van der Waals surface area contributed by atoms with Crippen LogP contribution in [-0.4, -0.2) is 29.0 Å². The van der Waals surface area contributed by atoms with Gasteiger partial charge in [0.15, 0.2) is 0 Å². The molecule has 0 saturated carbocycles. The summed E-state index contributed by atoms with van der Waals surface area (Å²) < 4.78 is 13.6. The van der Waals surface area contributed by atoms with Crippen molar-refractivity contribution < 1.29 is 9.18 Å². The fourth-order valence-corrected chi connectivity index (χ4v) is 2.88. The van der Waals surface area contributed by atoms with E-state index in [9.17, 15) is 9.18 Å². The quantitative estimate of drug-likeness (QED) is 0.866. The van der Waals surface area contributed by atoms with Gasteiger partial charge in [-0.05, 0) is 38.8 Å². The number of anilines is 2. The van der Waals surface area contributed by atoms with Gasteiger partial charge in [-0.25, -0.2) is 14.4 Å². The average Bonchev–Trinajstić information content (AvgIpc) is 3.12. The molecular formula is C19H21FN4O. The summed E-state index contributed by atoms with van der Waals surface area (Å²) in [7, 11) is 0. The van der Waals surface area contributed by atoms with Gasteiger partial charge in [0.2, 0.25) is 11.9 Å². The maximum Gasteiger partial charge on any atom is 0.248 e. The van der Waals surface area contributed by atoms with E-state index in [2.05, 4.69) is 20.2 Å². The van der Waals surface area contributed by atoms with Gasteiger partial charge in [0.1, 0.15) is 5.82 Å². The zero-order chi connectivity index (χ0) is 17.8. The smallest absolute Gasteiger partial charge is 0.248 e. The van der Waals surface area contributed by atoms with Gasteiger partial charge in [-0.3, -0.25) is 4.79 Å². The van der Waals surface area contributed by atoms with Crippen molar-refractivity contribution in [3.05, 3.63) is 53.1 Å². The van der Waals surface area contributed by atoms with Crippen LogP contribution in [0.2, 0.25) is 0 Å². The van der Waals surface area contributed by atoms with Crippen molar-refractivity contribution in [3.63, 3.8) is 0 Å². The lowest BCUT2D eigenvalue weighted by Crippen LogP contribution is -2.22. The summed E-state index contributed by atoms with van der Waals surface area (Å²) in [4.78, 5) is 23.3. The molecule has 0 spiro atoms. The van der Waals surface area contributed by atoms with Gasteiger partial charge in [0, 0.05) is 24.7 Å². The standard InChI is InChI=1S/C19H21FN4O/c1-13-18(14(2)22-19(21-13)24-11-5-6-12-24)23-17(25)10-9-15-7-3-4-8-16(15)20/h3-4,7-10H,5-6,11-12H2,1-2H3,(H,23,25)/b10-9+. The molecule has 6 heteroatoms. The second-order valence-electron chi connectivity index (χ2n) is 6.11. The Labute approximate surface area is 146 Å². The molecule has 25 heavy (non-hydrogen) atoms. The molecule has 1 saturated heterocycles. The molecule has 1 N–H and O–H groups in total. The first kappa shape index (κ1) is 17.1. The van der Waals surface area contributed by atoms with Crippen molar-refractivity contribution in [1.82, 2.24) is 9.97 Å². The van der Waals surface area contributed by atoms with Crippen LogP contribution in [0.4, 0.5) is 16.0 Å². The third kappa shape index (κ3) is 4.02. The van der Waals surface area contributed by atoms with E-state index in [-0.39, 0.29) is 11.7 Å². The first-order chi connectivity index (χ1) is 12.0. The lowest BCUT2D eigenvalue weighted by Gasteiger charge is -2.18. The van der Waals surface area contributed by atoms with E-state index >= 15 is 0 Å². The van der Waals surface area contributed by atoms with Crippen molar-refractivity contribution in [1.29, 1.82) is 0 Å². The first-order valence-corrected chi connectivity index (χ1v) is 8.38. The average molecular weight is 340 g/mol. The van der Waals surface area contributed by atoms with E-state index in [0.29, 0.717) is 17.2 Å². The molecule has 0 atom stereocenters. The van der Waals surface area contributed by atoms with Gasteiger partial charge < -0.3 is 10.2 Å². The number of halogens is 1. The molecule has 130 valence electrons. The van der Waals surface area contributed by atoms with E-state index in [1.54, 1.807) is 18.2 Å². The van der Waals surface area contributed by atoms with Gasteiger partial charge in [-0.15, -0.1) is 0 Å². The van der Waals surface area contributed by atoms with Crippen molar-refractivity contribution in [3.8, 4) is 0 Å². The number of amides is 1. The summed E-state index contributed by atoms with van der Waals surface area (Å²) in [5.74, 6) is 0.0107.